The standard InChI is InChI=1S/C21H33N5O2/c1-4-22-21(26-14-16(2)18(15-26)20(27)28-3)24-13-17-8-9-23-19(12-17)25-10-6-5-7-11-25/h8-9,12,16,18H,4-7,10-11,13-15H2,1-3H3,(H,22,24). The molecule has 154 valence electrons. The van der Waals surface area contributed by atoms with E-state index in [1.807, 2.05) is 12.3 Å². The molecule has 3 rings (SSSR count). The lowest BCUT2D eigenvalue weighted by Gasteiger charge is -2.27. The highest BCUT2D eigenvalue weighted by molar-refractivity contribution is 5.82. The zero-order valence-electron chi connectivity index (χ0n) is 17.4. The number of methoxy groups -OCH3 is 1. The molecule has 3 heterocycles. The van der Waals surface area contributed by atoms with Crippen molar-refractivity contribution in [1.29, 1.82) is 0 Å². The van der Waals surface area contributed by atoms with Gasteiger partial charge in [0.1, 0.15) is 5.82 Å². The zero-order valence-corrected chi connectivity index (χ0v) is 17.4. The van der Waals surface area contributed by atoms with Gasteiger partial charge in [-0.15, -0.1) is 0 Å². The van der Waals surface area contributed by atoms with E-state index < -0.39 is 0 Å². The topological polar surface area (TPSA) is 70.1 Å². The lowest BCUT2D eigenvalue weighted by atomic mass is 9.99. The summed E-state index contributed by atoms with van der Waals surface area (Å²) in [7, 11) is 1.46. The Bertz CT molecular complexity index is 687. The first-order valence-electron chi connectivity index (χ1n) is 10.4. The Morgan fingerprint density at radius 3 is 2.82 bits per heavy atom. The van der Waals surface area contributed by atoms with Gasteiger partial charge in [0.25, 0.3) is 0 Å². The summed E-state index contributed by atoms with van der Waals surface area (Å²) >= 11 is 0. The van der Waals surface area contributed by atoms with Crippen molar-refractivity contribution in [3.8, 4) is 0 Å². The van der Waals surface area contributed by atoms with Gasteiger partial charge >= 0.3 is 5.97 Å². The maximum absolute atomic E-state index is 12.0. The summed E-state index contributed by atoms with van der Waals surface area (Å²) in [5, 5.41) is 3.37. The first-order valence-corrected chi connectivity index (χ1v) is 10.4. The summed E-state index contributed by atoms with van der Waals surface area (Å²) in [6.45, 7) is 9.18. The molecule has 28 heavy (non-hydrogen) atoms. The fraction of sp³-hybridized carbons (Fsp3) is 0.667. The van der Waals surface area contributed by atoms with Gasteiger partial charge < -0.3 is 19.9 Å². The number of esters is 1. The third-order valence-corrected chi connectivity index (χ3v) is 5.65. The number of likely N-dealkylation sites (tertiary alicyclic amines) is 1. The molecule has 0 aromatic carbocycles. The molecule has 0 saturated carbocycles. The minimum Gasteiger partial charge on any atom is -0.469 e. The number of guanidine groups is 1. The molecule has 1 N–H and O–H groups in total. The number of carbonyl (C=O) groups is 1. The second kappa shape index (κ2) is 9.75. The van der Waals surface area contributed by atoms with Gasteiger partial charge in [-0.2, -0.15) is 0 Å². The van der Waals surface area contributed by atoms with Crippen LogP contribution in [0.1, 0.15) is 38.7 Å². The molecule has 2 unspecified atom stereocenters. The first kappa shape index (κ1) is 20.4. The molecule has 0 aliphatic carbocycles. The number of nitrogens with one attached hydrogen (secondary N) is 1. The van der Waals surface area contributed by atoms with Crippen molar-refractivity contribution in [2.45, 2.75) is 39.7 Å². The van der Waals surface area contributed by atoms with Crippen LogP contribution in [0.25, 0.3) is 0 Å². The lowest BCUT2D eigenvalue weighted by Crippen LogP contribution is -2.40. The molecular formula is C21H33N5O2. The maximum atomic E-state index is 12.0. The van der Waals surface area contributed by atoms with Crippen LogP contribution < -0.4 is 10.2 Å². The molecule has 2 fully saturated rings. The molecule has 2 aliphatic rings. The van der Waals surface area contributed by atoms with Gasteiger partial charge in [-0.3, -0.25) is 4.79 Å². The van der Waals surface area contributed by atoms with E-state index in [0.717, 1.165) is 43.5 Å². The molecule has 1 aromatic heterocycles. The van der Waals surface area contributed by atoms with E-state index in [4.69, 9.17) is 9.73 Å². The summed E-state index contributed by atoms with van der Waals surface area (Å²) in [5.74, 6) is 1.93. The SMILES string of the molecule is CCNC(=NCc1ccnc(N2CCCCC2)c1)N1CC(C)C(C(=O)OC)C1. The van der Waals surface area contributed by atoms with Gasteiger partial charge in [0.05, 0.1) is 19.6 Å². The third-order valence-electron chi connectivity index (χ3n) is 5.65. The number of hydrogen-bond donors (Lipinski definition) is 1. The van der Waals surface area contributed by atoms with E-state index in [9.17, 15) is 4.79 Å². The van der Waals surface area contributed by atoms with Crippen LogP contribution in [0.5, 0.6) is 0 Å². The van der Waals surface area contributed by atoms with Crippen LogP contribution in [-0.4, -0.2) is 61.6 Å². The van der Waals surface area contributed by atoms with E-state index in [0.29, 0.717) is 13.1 Å². The smallest absolute Gasteiger partial charge is 0.310 e. The second-order valence-electron chi connectivity index (χ2n) is 7.75. The predicted molar refractivity (Wildman–Crippen MR) is 111 cm³/mol. The molecule has 0 amide bonds. The van der Waals surface area contributed by atoms with Crippen molar-refractivity contribution in [2.24, 2.45) is 16.8 Å². The van der Waals surface area contributed by atoms with Crippen molar-refractivity contribution < 1.29 is 9.53 Å². The highest BCUT2D eigenvalue weighted by Crippen LogP contribution is 2.24. The average molecular weight is 388 g/mol. The zero-order chi connectivity index (χ0) is 19.9. The number of pyridine rings is 1. The van der Waals surface area contributed by atoms with Gasteiger partial charge in [0, 0.05) is 38.9 Å². The molecule has 1 aromatic rings. The normalized spacial score (nSPS) is 23.0. The molecule has 7 nitrogen and oxygen atoms in total. The molecule has 0 spiro atoms. The van der Waals surface area contributed by atoms with Crippen LogP contribution in [-0.2, 0) is 16.1 Å². The number of rotatable bonds is 5. The number of nitrogens with zero attached hydrogens (tertiary/aromatic N) is 4. The summed E-state index contributed by atoms with van der Waals surface area (Å²) in [6, 6.07) is 4.19. The minimum atomic E-state index is -0.133. The lowest BCUT2D eigenvalue weighted by molar-refractivity contribution is -0.145. The van der Waals surface area contributed by atoms with Crippen molar-refractivity contribution >= 4 is 17.7 Å². The predicted octanol–water partition coefficient (Wildman–Crippen LogP) is 2.28. The molecule has 2 atom stereocenters. The van der Waals surface area contributed by atoms with Crippen LogP contribution >= 0.6 is 0 Å². The highest BCUT2D eigenvalue weighted by Gasteiger charge is 2.36. The average Bonchev–Trinajstić information content (AvgIpc) is 3.13. The number of hydrogen-bond acceptors (Lipinski definition) is 5. The van der Waals surface area contributed by atoms with Gasteiger partial charge in [0.2, 0.25) is 0 Å². The van der Waals surface area contributed by atoms with E-state index in [-0.39, 0.29) is 17.8 Å². The second-order valence-corrected chi connectivity index (χ2v) is 7.75. The van der Waals surface area contributed by atoms with Crippen LogP contribution in [0, 0.1) is 11.8 Å². The quantitative estimate of drug-likeness (QED) is 0.475. The summed E-state index contributed by atoms with van der Waals surface area (Å²) in [5.41, 5.74) is 1.16. The van der Waals surface area contributed by atoms with E-state index >= 15 is 0 Å². The van der Waals surface area contributed by atoms with Gasteiger partial charge in [0.15, 0.2) is 5.96 Å². The Labute approximate surface area is 168 Å². The van der Waals surface area contributed by atoms with Crippen LogP contribution in [0.3, 0.4) is 0 Å². The van der Waals surface area contributed by atoms with Gasteiger partial charge in [-0.05, 0) is 49.8 Å². The fourth-order valence-electron chi connectivity index (χ4n) is 4.04. The number of aliphatic imine (C=N–C) groups is 1. The van der Waals surface area contributed by atoms with Crippen molar-refractivity contribution in [3.63, 3.8) is 0 Å². The first-order chi connectivity index (χ1) is 13.6. The van der Waals surface area contributed by atoms with E-state index in [1.54, 1.807) is 0 Å². The van der Waals surface area contributed by atoms with Crippen LogP contribution in [0.4, 0.5) is 5.82 Å². The van der Waals surface area contributed by atoms with Gasteiger partial charge in [-0.1, -0.05) is 6.92 Å². The largest absolute Gasteiger partial charge is 0.469 e. The summed E-state index contributed by atoms with van der Waals surface area (Å²) in [6.07, 6.45) is 5.67. The fourth-order valence-corrected chi connectivity index (χ4v) is 4.04. The molecule has 0 bridgehead atoms. The molecule has 2 aliphatic heterocycles. The van der Waals surface area contributed by atoms with E-state index in [1.165, 1.54) is 26.4 Å². The number of anilines is 1. The third kappa shape index (κ3) is 4.94. The molecule has 7 heteroatoms. The monoisotopic (exact) mass is 387 g/mol. The summed E-state index contributed by atoms with van der Waals surface area (Å²) in [4.78, 5) is 25.9. The molecule has 0 radical (unpaired) electrons. The Balaban J connectivity index is 1.68. The summed E-state index contributed by atoms with van der Waals surface area (Å²) < 4.78 is 4.96. The van der Waals surface area contributed by atoms with Crippen molar-refractivity contribution in [1.82, 2.24) is 15.2 Å². The Morgan fingerprint density at radius 2 is 2.11 bits per heavy atom. The van der Waals surface area contributed by atoms with Gasteiger partial charge in [-0.25, -0.2) is 9.98 Å². The van der Waals surface area contributed by atoms with E-state index in [2.05, 4.69) is 40.0 Å². The highest BCUT2D eigenvalue weighted by atomic mass is 16.5. The molecular weight excluding hydrogens is 354 g/mol. The maximum Gasteiger partial charge on any atom is 0.310 e. The number of aromatic nitrogens is 1. The van der Waals surface area contributed by atoms with Crippen molar-refractivity contribution in [3.05, 3.63) is 23.9 Å². The minimum absolute atomic E-state index is 0.0968. The Hall–Kier alpha value is -2.31. The molecule has 2 saturated heterocycles. The van der Waals surface area contributed by atoms with Crippen LogP contribution in [0.2, 0.25) is 0 Å². The Morgan fingerprint density at radius 1 is 1.32 bits per heavy atom. The number of carbonyl (C=O) groups excluding carboxylic acids is 1. The number of ether oxygens (including phenoxy) is 1. The Kier molecular flexibility index (Phi) is 7.12. The van der Waals surface area contributed by atoms with Crippen molar-refractivity contribution in [2.75, 3.05) is 44.7 Å². The number of piperidine rings is 1. The van der Waals surface area contributed by atoms with Crippen LogP contribution in [0.15, 0.2) is 23.3 Å².